The monoisotopic (exact) mass is 388 g/mol. The number of fused-ring (bicyclic) bond motifs is 1. The minimum absolute atomic E-state index is 0.272. The molecule has 1 N–H and O–H groups in total. The highest BCUT2D eigenvalue weighted by Crippen LogP contribution is 2.25. The number of aryl methyl sites for hydroxylation is 2. The molecule has 0 spiro atoms. The van der Waals surface area contributed by atoms with Crippen LogP contribution in [0.2, 0.25) is 0 Å². The summed E-state index contributed by atoms with van der Waals surface area (Å²) in [5.41, 5.74) is 2.27. The van der Waals surface area contributed by atoms with Crippen LogP contribution < -0.4 is 22.1 Å². The van der Waals surface area contributed by atoms with E-state index in [0.717, 1.165) is 21.4 Å². The Morgan fingerprint density at radius 1 is 0.724 bits per heavy atom. The second-order valence-corrected chi connectivity index (χ2v) is 6.93. The number of benzene rings is 2. The number of hydrogen-bond acceptors (Lipinski definition) is 4. The maximum absolute atomic E-state index is 12.8. The Hall–Kier alpha value is -3.87. The molecule has 29 heavy (non-hydrogen) atoms. The van der Waals surface area contributed by atoms with Gasteiger partial charge in [-0.2, -0.15) is 0 Å². The Balaban J connectivity index is 1.85. The van der Waals surface area contributed by atoms with Crippen LogP contribution in [0.25, 0.3) is 22.2 Å². The van der Waals surface area contributed by atoms with Gasteiger partial charge in [-0.1, -0.05) is 42.5 Å². The van der Waals surface area contributed by atoms with Crippen molar-refractivity contribution in [1.82, 2.24) is 13.7 Å². The molecule has 0 aliphatic heterocycles. The highest BCUT2D eigenvalue weighted by Gasteiger charge is 2.16. The van der Waals surface area contributed by atoms with Crippen LogP contribution in [0.5, 0.6) is 0 Å². The molecule has 2 aromatic carbocycles. The zero-order valence-electron chi connectivity index (χ0n) is 16.3. The van der Waals surface area contributed by atoms with Gasteiger partial charge in [0, 0.05) is 32.9 Å². The number of hydrogen-bond donors (Lipinski definition) is 1. The van der Waals surface area contributed by atoms with Crippen molar-refractivity contribution in [2.45, 2.75) is 0 Å². The van der Waals surface area contributed by atoms with Crippen molar-refractivity contribution in [2.75, 3.05) is 5.32 Å². The first-order valence-corrected chi connectivity index (χ1v) is 9.11. The van der Waals surface area contributed by atoms with E-state index in [1.807, 2.05) is 54.6 Å². The summed E-state index contributed by atoms with van der Waals surface area (Å²) >= 11 is 0. The van der Waals surface area contributed by atoms with Gasteiger partial charge in [-0.25, -0.2) is 4.79 Å². The molecule has 0 saturated heterocycles. The number of pyridine rings is 1. The molecule has 0 saturated carbocycles. The van der Waals surface area contributed by atoms with E-state index in [2.05, 4.69) is 5.32 Å². The van der Waals surface area contributed by atoms with Gasteiger partial charge >= 0.3 is 5.69 Å². The highest BCUT2D eigenvalue weighted by molar-refractivity contribution is 5.90. The summed E-state index contributed by atoms with van der Waals surface area (Å²) in [5.74, 6) is 0. The van der Waals surface area contributed by atoms with Gasteiger partial charge < -0.3 is 5.32 Å². The van der Waals surface area contributed by atoms with Crippen LogP contribution in [-0.4, -0.2) is 13.7 Å². The third-order valence-electron chi connectivity index (χ3n) is 5.09. The van der Waals surface area contributed by atoms with Crippen molar-refractivity contribution in [3.8, 4) is 11.1 Å². The quantitative estimate of drug-likeness (QED) is 0.584. The first-order valence-electron chi connectivity index (χ1n) is 9.11. The molecule has 146 valence electrons. The Labute approximate surface area is 166 Å². The molecule has 0 aliphatic rings. The predicted molar refractivity (Wildman–Crippen MR) is 115 cm³/mol. The van der Waals surface area contributed by atoms with Gasteiger partial charge in [0.2, 0.25) is 0 Å². The van der Waals surface area contributed by atoms with Crippen LogP contribution >= 0.6 is 0 Å². The summed E-state index contributed by atoms with van der Waals surface area (Å²) < 4.78 is 3.65. The van der Waals surface area contributed by atoms with Crippen LogP contribution in [0.1, 0.15) is 0 Å². The number of nitrogens with zero attached hydrogens (tertiary/aromatic N) is 3. The van der Waals surface area contributed by atoms with Gasteiger partial charge in [0.25, 0.3) is 11.1 Å². The van der Waals surface area contributed by atoms with Crippen molar-refractivity contribution in [3.63, 3.8) is 0 Å². The van der Waals surface area contributed by atoms with E-state index in [0.29, 0.717) is 5.69 Å². The maximum Gasteiger partial charge on any atom is 0.332 e. The van der Waals surface area contributed by atoms with Crippen molar-refractivity contribution in [1.29, 1.82) is 0 Å². The lowest BCUT2D eigenvalue weighted by Crippen LogP contribution is -2.39. The molecule has 0 atom stereocenters. The summed E-state index contributed by atoms with van der Waals surface area (Å²) in [6, 6.07) is 19.1. The number of anilines is 2. The smallest absolute Gasteiger partial charge is 0.332 e. The largest absolute Gasteiger partial charge is 0.355 e. The third-order valence-corrected chi connectivity index (χ3v) is 5.09. The molecule has 2 heterocycles. The zero-order chi connectivity index (χ0) is 20.7. The molecule has 0 bridgehead atoms. The Morgan fingerprint density at radius 3 is 2.00 bits per heavy atom. The minimum atomic E-state index is -0.484. The van der Waals surface area contributed by atoms with Gasteiger partial charge in [-0.3, -0.25) is 23.3 Å². The molecule has 0 amide bonds. The van der Waals surface area contributed by atoms with Crippen molar-refractivity contribution in [2.24, 2.45) is 21.1 Å². The van der Waals surface area contributed by atoms with Gasteiger partial charge in [0.1, 0.15) is 11.0 Å². The zero-order valence-corrected chi connectivity index (χ0v) is 16.3. The van der Waals surface area contributed by atoms with E-state index < -0.39 is 11.2 Å². The Kier molecular flexibility index (Phi) is 4.43. The van der Waals surface area contributed by atoms with Crippen LogP contribution in [0.4, 0.5) is 11.4 Å². The standard InChI is InChI=1S/C22H20N4O3/c1-24-18(27)13-17(19-20(24)25(2)22(29)26(3)21(19)28)23-16-11-9-15(10-12-16)14-7-5-4-6-8-14/h4-13,23H,1-3H3. The van der Waals surface area contributed by atoms with Crippen LogP contribution in [-0.2, 0) is 21.1 Å². The van der Waals surface area contributed by atoms with Crippen LogP contribution in [0.3, 0.4) is 0 Å². The molecule has 0 fully saturated rings. The maximum atomic E-state index is 12.8. The highest BCUT2D eigenvalue weighted by atomic mass is 16.2. The van der Waals surface area contributed by atoms with Gasteiger partial charge in [-0.05, 0) is 23.3 Å². The molecule has 0 aliphatic carbocycles. The lowest BCUT2D eigenvalue weighted by Gasteiger charge is -2.15. The van der Waals surface area contributed by atoms with E-state index in [9.17, 15) is 14.4 Å². The minimum Gasteiger partial charge on any atom is -0.355 e. The summed E-state index contributed by atoms with van der Waals surface area (Å²) in [6.07, 6.45) is 0. The lowest BCUT2D eigenvalue weighted by atomic mass is 10.1. The molecule has 0 unspecified atom stereocenters. The number of rotatable bonds is 3. The van der Waals surface area contributed by atoms with E-state index in [1.54, 1.807) is 14.1 Å². The van der Waals surface area contributed by atoms with E-state index >= 15 is 0 Å². The van der Waals surface area contributed by atoms with E-state index in [-0.39, 0.29) is 16.6 Å². The number of aromatic nitrogens is 3. The fourth-order valence-corrected chi connectivity index (χ4v) is 3.49. The molecule has 4 aromatic rings. The van der Waals surface area contributed by atoms with Crippen molar-refractivity contribution >= 4 is 22.4 Å². The summed E-state index contributed by atoms with van der Waals surface area (Å²) in [7, 11) is 4.51. The molecular formula is C22H20N4O3. The van der Waals surface area contributed by atoms with E-state index in [1.165, 1.54) is 22.2 Å². The topological polar surface area (TPSA) is 78.0 Å². The molecule has 7 nitrogen and oxygen atoms in total. The van der Waals surface area contributed by atoms with Gasteiger partial charge in [-0.15, -0.1) is 0 Å². The lowest BCUT2D eigenvalue weighted by molar-refractivity contribution is 0.689. The van der Waals surface area contributed by atoms with Crippen LogP contribution in [0, 0.1) is 0 Å². The molecule has 0 radical (unpaired) electrons. The summed E-state index contributed by atoms with van der Waals surface area (Å²) in [5, 5.41) is 3.45. The first-order chi connectivity index (χ1) is 13.9. The Morgan fingerprint density at radius 2 is 1.34 bits per heavy atom. The summed E-state index contributed by atoms with van der Waals surface area (Å²) in [6.45, 7) is 0. The molecule has 2 aromatic heterocycles. The fraction of sp³-hybridized carbons (Fsp3) is 0.136. The van der Waals surface area contributed by atoms with Crippen molar-refractivity contribution in [3.05, 3.63) is 91.9 Å². The molecule has 4 rings (SSSR count). The molecular weight excluding hydrogens is 368 g/mol. The summed E-state index contributed by atoms with van der Waals surface area (Å²) in [4.78, 5) is 37.5. The van der Waals surface area contributed by atoms with Crippen LogP contribution in [0.15, 0.2) is 75.0 Å². The van der Waals surface area contributed by atoms with E-state index in [4.69, 9.17) is 0 Å². The molecule has 7 heteroatoms. The second-order valence-electron chi connectivity index (χ2n) is 6.93. The SMILES string of the molecule is Cn1c(=O)c2c(Nc3ccc(-c4ccccc4)cc3)cc(=O)n(C)c2n(C)c1=O. The fourth-order valence-electron chi connectivity index (χ4n) is 3.49. The van der Waals surface area contributed by atoms with Gasteiger partial charge in [0.05, 0.1) is 5.69 Å². The number of nitrogens with one attached hydrogen (secondary N) is 1. The second kappa shape index (κ2) is 6.94. The van der Waals surface area contributed by atoms with Gasteiger partial charge in [0.15, 0.2) is 0 Å². The van der Waals surface area contributed by atoms with Crippen molar-refractivity contribution < 1.29 is 0 Å². The third kappa shape index (κ3) is 3.06. The average Bonchev–Trinajstić information content (AvgIpc) is 2.74. The Bertz CT molecular complexity index is 1400. The average molecular weight is 388 g/mol. The predicted octanol–water partition coefficient (Wildman–Crippen LogP) is 2.35. The normalized spacial score (nSPS) is 11.0. The first kappa shape index (κ1) is 18.5.